The van der Waals surface area contributed by atoms with E-state index in [2.05, 4.69) is 15.7 Å². The third kappa shape index (κ3) is 3.21. The van der Waals surface area contributed by atoms with Crippen LogP contribution >= 0.6 is 0 Å². The highest BCUT2D eigenvalue weighted by molar-refractivity contribution is 5.73. The molecule has 0 spiro atoms. The first-order chi connectivity index (χ1) is 4.36. The van der Waals surface area contributed by atoms with E-state index in [0.717, 1.165) is 5.96 Å². The zero-order chi connectivity index (χ0) is 6.69. The average Bonchev–Trinajstić information content (AvgIpc) is 2.66. The van der Waals surface area contributed by atoms with Crippen molar-refractivity contribution in [2.45, 2.75) is 18.9 Å². The Bertz CT molecular complexity index is 121. The van der Waals surface area contributed by atoms with Crippen molar-refractivity contribution >= 4 is 5.96 Å². The lowest BCUT2D eigenvalue weighted by molar-refractivity contribution is -0.425. The second kappa shape index (κ2) is 4.73. The normalized spacial score (nSPS) is 17.6. The molecular weight excluding hydrogens is 243 g/mol. The van der Waals surface area contributed by atoms with Crippen molar-refractivity contribution in [3.05, 3.63) is 0 Å². The number of nitrogens with one attached hydrogen (secondary N) is 3. The molecule has 0 saturated heterocycles. The van der Waals surface area contributed by atoms with Crippen LogP contribution in [0.1, 0.15) is 12.8 Å². The van der Waals surface area contributed by atoms with Gasteiger partial charge in [0.1, 0.15) is 0 Å². The number of rotatable bonds is 1. The van der Waals surface area contributed by atoms with Gasteiger partial charge in [0.2, 0.25) is 0 Å². The Morgan fingerprint density at radius 1 is 1.60 bits per heavy atom. The molecule has 0 radical (unpaired) electrons. The van der Waals surface area contributed by atoms with E-state index in [-0.39, 0.29) is 24.0 Å². The first kappa shape index (κ1) is 9.96. The van der Waals surface area contributed by atoms with Gasteiger partial charge in [0, 0.05) is 0 Å². The third-order valence-corrected chi connectivity index (χ3v) is 1.32. The molecule has 0 aromatic rings. The van der Waals surface area contributed by atoms with Crippen molar-refractivity contribution in [2.75, 3.05) is 7.05 Å². The van der Waals surface area contributed by atoms with E-state index in [1.165, 1.54) is 12.8 Å². The molecule has 1 rings (SSSR count). The number of hydrazine groups is 1. The van der Waals surface area contributed by atoms with Crippen LogP contribution < -0.4 is 45.6 Å². The Hall–Kier alpha value is -0.0400. The Balaban J connectivity index is 0.000000810. The molecule has 1 aliphatic rings. The maximum atomic E-state index is 5.15. The molecule has 1 aliphatic carbocycles. The van der Waals surface area contributed by atoms with Crippen molar-refractivity contribution in [2.24, 2.45) is 5.84 Å². The molecule has 1 fully saturated rings. The molecule has 0 aromatic carbocycles. The van der Waals surface area contributed by atoms with Gasteiger partial charge in [-0.2, -0.15) is 5.84 Å². The van der Waals surface area contributed by atoms with Crippen molar-refractivity contribution < 1.29 is 29.0 Å². The Morgan fingerprint density at radius 2 is 2.20 bits per heavy atom. The van der Waals surface area contributed by atoms with Crippen molar-refractivity contribution in [3.8, 4) is 0 Å². The molecule has 0 unspecified atom stereocenters. The average molecular weight is 256 g/mol. The molecular formula is C5H13IN4. The van der Waals surface area contributed by atoms with Crippen molar-refractivity contribution in [3.63, 3.8) is 0 Å². The quantitative estimate of drug-likeness (QED) is 0.124. The summed E-state index contributed by atoms with van der Waals surface area (Å²) in [5.41, 5.74) is 2.52. The molecule has 1 saturated carbocycles. The first-order valence-electron chi connectivity index (χ1n) is 3.14. The van der Waals surface area contributed by atoms with E-state index < -0.39 is 0 Å². The zero-order valence-corrected chi connectivity index (χ0v) is 8.10. The zero-order valence-electron chi connectivity index (χ0n) is 5.95. The molecule has 4 nitrogen and oxygen atoms in total. The van der Waals surface area contributed by atoms with Gasteiger partial charge in [0.15, 0.2) is 0 Å². The topological polar surface area (TPSA) is 64.0 Å². The van der Waals surface area contributed by atoms with Gasteiger partial charge in [-0.15, -0.1) is 0 Å². The summed E-state index contributed by atoms with van der Waals surface area (Å²) in [7, 11) is 1.82. The molecule has 0 atom stereocenters. The van der Waals surface area contributed by atoms with E-state index in [0.29, 0.717) is 6.04 Å². The Kier molecular flexibility index (Phi) is 4.71. The van der Waals surface area contributed by atoms with Crippen LogP contribution in [0.15, 0.2) is 0 Å². The molecule has 0 aliphatic heterocycles. The third-order valence-electron chi connectivity index (χ3n) is 1.32. The number of guanidine groups is 1. The predicted octanol–water partition coefficient (Wildman–Crippen LogP) is -5.73. The van der Waals surface area contributed by atoms with Crippen LogP contribution in [0.5, 0.6) is 0 Å². The molecule has 5 N–H and O–H groups in total. The summed E-state index contributed by atoms with van der Waals surface area (Å²) in [5, 5.41) is 3.16. The lowest BCUT2D eigenvalue weighted by atomic mass is 10.7. The maximum absolute atomic E-state index is 5.15. The van der Waals surface area contributed by atoms with Gasteiger partial charge in [-0.05, 0) is 12.8 Å². The number of hydrogen-bond acceptors (Lipinski definition) is 1. The summed E-state index contributed by atoms with van der Waals surface area (Å²) in [6.07, 6.45) is 2.51. The minimum atomic E-state index is 0. The fourth-order valence-corrected chi connectivity index (χ4v) is 0.618. The lowest BCUT2D eigenvalue weighted by Gasteiger charge is -1.96. The van der Waals surface area contributed by atoms with Crippen molar-refractivity contribution in [1.82, 2.24) is 10.7 Å². The van der Waals surface area contributed by atoms with Gasteiger partial charge < -0.3 is 24.0 Å². The highest BCUT2D eigenvalue weighted by Crippen LogP contribution is 2.17. The standard InChI is InChI=1S/C5H12N4.HI/c1-7-5(9-6)8-4-2-3-4;/h4H,2-3,6H2,1H3,(H2,7,8,9);1H. The molecule has 0 aromatic heterocycles. The summed E-state index contributed by atoms with van der Waals surface area (Å²) in [4.78, 5) is 2.89. The minimum Gasteiger partial charge on any atom is -1.00 e. The smallest absolute Gasteiger partial charge is 0.360 e. The summed E-state index contributed by atoms with van der Waals surface area (Å²) in [5.74, 6) is 5.95. The van der Waals surface area contributed by atoms with Crippen molar-refractivity contribution in [1.29, 1.82) is 0 Å². The number of halogens is 1. The van der Waals surface area contributed by atoms with Crippen LogP contribution in [0, 0.1) is 0 Å². The fraction of sp³-hybridized carbons (Fsp3) is 0.800. The highest BCUT2D eigenvalue weighted by Gasteiger charge is 2.26. The predicted molar refractivity (Wildman–Crippen MR) is 35.4 cm³/mol. The first-order valence-corrected chi connectivity index (χ1v) is 3.14. The molecule has 60 valence electrons. The Morgan fingerprint density at radius 3 is 2.50 bits per heavy atom. The second-order valence-electron chi connectivity index (χ2n) is 2.19. The van der Waals surface area contributed by atoms with Crippen LogP contribution in [0.2, 0.25) is 0 Å². The molecule has 5 heteroatoms. The van der Waals surface area contributed by atoms with Crippen LogP contribution in [0.25, 0.3) is 0 Å². The van der Waals surface area contributed by atoms with Crippen LogP contribution in [-0.2, 0) is 0 Å². The highest BCUT2D eigenvalue weighted by atomic mass is 127. The SMILES string of the molecule is C[NH+]=C(NN)NC1CC1.[I-]. The summed E-state index contributed by atoms with van der Waals surface area (Å²) in [6.45, 7) is 0. The molecule has 0 amide bonds. The van der Waals surface area contributed by atoms with Gasteiger partial charge in [-0.25, -0.2) is 5.43 Å². The van der Waals surface area contributed by atoms with Crippen LogP contribution in [0.4, 0.5) is 0 Å². The Labute approximate surface area is 77.6 Å². The van der Waals surface area contributed by atoms with E-state index >= 15 is 0 Å². The summed E-state index contributed by atoms with van der Waals surface area (Å²) >= 11 is 0. The summed E-state index contributed by atoms with van der Waals surface area (Å²) < 4.78 is 0. The van der Waals surface area contributed by atoms with Gasteiger partial charge in [0.25, 0.3) is 0 Å². The molecule has 10 heavy (non-hydrogen) atoms. The van der Waals surface area contributed by atoms with E-state index in [9.17, 15) is 0 Å². The number of hydrogen-bond donors (Lipinski definition) is 4. The van der Waals surface area contributed by atoms with Crippen LogP contribution in [-0.4, -0.2) is 19.0 Å². The molecule has 0 heterocycles. The van der Waals surface area contributed by atoms with Gasteiger partial charge in [-0.1, -0.05) is 0 Å². The van der Waals surface area contributed by atoms with E-state index in [1.807, 2.05) is 7.05 Å². The van der Waals surface area contributed by atoms with Gasteiger partial charge in [0.05, 0.1) is 13.1 Å². The monoisotopic (exact) mass is 256 g/mol. The van der Waals surface area contributed by atoms with E-state index in [1.54, 1.807) is 0 Å². The summed E-state index contributed by atoms with van der Waals surface area (Å²) in [6, 6.07) is 0.642. The second-order valence-corrected chi connectivity index (χ2v) is 2.19. The molecule has 0 bridgehead atoms. The lowest BCUT2D eigenvalue weighted by Crippen LogP contribution is -3.00. The van der Waals surface area contributed by atoms with Gasteiger partial charge in [-0.3, -0.25) is 10.3 Å². The largest absolute Gasteiger partial charge is 1.00 e. The van der Waals surface area contributed by atoms with E-state index in [4.69, 9.17) is 5.84 Å². The maximum Gasteiger partial charge on any atom is 0.360 e. The number of nitrogens with two attached hydrogens (primary N) is 1. The van der Waals surface area contributed by atoms with Crippen LogP contribution in [0.3, 0.4) is 0 Å². The minimum absolute atomic E-state index is 0. The van der Waals surface area contributed by atoms with Gasteiger partial charge >= 0.3 is 5.96 Å². The fourth-order valence-electron chi connectivity index (χ4n) is 0.618.